The van der Waals surface area contributed by atoms with Crippen LogP contribution in [-0.4, -0.2) is 33.2 Å². The second-order valence-corrected chi connectivity index (χ2v) is 4.93. The number of nitrogens with one attached hydrogen (secondary N) is 1. The van der Waals surface area contributed by atoms with Crippen molar-refractivity contribution in [1.82, 2.24) is 25.5 Å². The Bertz CT molecular complexity index is 845. The maximum absolute atomic E-state index is 12.2. The fraction of sp³-hybridized carbons (Fsp3) is 0.188. The number of para-hydroxylation sites is 1. The van der Waals surface area contributed by atoms with Crippen molar-refractivity contribution in [2.75, 3.05) is 7.11 Å². The minimum absolute atomic E-state index is 0.100. The quantitative estimate of drug-likeness (QED) is 0.762. The van der Waals surface area contributed by atoms with Crippen LogP contribution in [0.15, 0.2) is 41.1 Å². The van der Waals surface area contributed by atoms with E-state index in [9.17, 15) is 4.79 Å². The predicted octanol–water partition coefficient (Wildman–Crippen LogP) is 1.77. The van der Waals surface area contributed by atoms with Gasteiger partial charge in [-0.1, -0.05) is 12.1 Å². The van der Waals surface area contributed by atoms with Gasteiger partial charge in [-0.2, -0.15) is 0 Å². The van der Waals surface area contributed by atoms with Gasteiger partial charge in [0.25, 0.3) is 11.8 Å². The van der Waals surface area contributed by atoms with Gasteiger partial charge < -0.3 is 14.5 Å². The van der Waals surface area contributed by atoms with E-state index < -0.39 is 0 Å². The van der Waals surface area contributed by atoms with Gasteiger partial charge in [0.1, 0.15) is 11.4 Å². The van der Waals surface area contributed by atoms with Crippen LogP contribution in [0.5, 0.6) is 5.75 Å². The van der Waals surface area contributed by atoms with Crippen molar-refractivity contribution < 1.29 is 13.9 Å². The molecule has 0 atom stereocenters. The molecule has 0 bridgehead atoms. The molecule has 2 aromatic heterocycles. The van der Waals surface area contributed by atoms with Crippen LogP contribution in [0.1, 0.15) is 21.9 Å². The summed E-state index contributed by atoms with van der Waals surface area (Å²) in [5.74, 6) is 0.734. The molecule has 8 nitrogen and oxygen atoms in total. The number of rotatable bonds is 5. The van der Waals surface area contributed by atoms with Crippen LogP contribution in [0.4, 0.5) is 0 Å². The summed E-state index contributed by atoms with van der Waals surface area (Å²) < 4.78 is 10.6. The molecule has 2 heterocycles. The first-order chi connectivity index (χ1) is 11.7. The maximum Gasteiger partial charge on any atom is 0.267 e. The number of hydrogen-bond acceptors (Lipinski definition) is 7. The number of aryl methyl sites for hydroxylation is 1. The number of benzene rings is 1. The van der Waals surface area contributed by atoms with E-state index >= 15 is 0 Å². The number of methoxy groups -OCH3 is 1. The molecular formula is C16H15N5O3. The third-order valence-electron chi connectivity index (χ3n) is 3.22. The molecule has 1 aromatic carbocycles. The van der Waals surface area contributed by atoms with Crippen molar-refractivity contribution in [2.24, 2.45) is 0 Å². The number of hydrogen-bond donors (Lipinski definition) is 1. The second kappa shape index (κ2) is 6.86. The third kappa shape index (κ3) is 3.37. The van der Waals surface area contributed by atoms with Crippen molar-refractivity contribution >= 4 is 5.91 Å². The highest BCUT2D eigenvalue weighted by Gasteiger charge is 2.14. The zero-order chi connectivity index (χ0) is 16.9. The number of aromatic nitrogens is 4. The average Bonchev–Trinajstić information content (AvgIpc) is 3.09. The van der Waals surface area contributed by atoms with Gasteiger partial charge in [0.15, 0.2) is 0 Å². The fourth-order valence-electron chi connectivity index (χ4n) is 2.01. The van der Waals surface area contributed by atoms with E-state index in [2.05, 4.69) is 25.5 Å². The zero-order valence-electron chi connectivity index (χ0n) is 13.2. The number of ether oxygens (including phenoxy) is 1. The Morgan fingerprint density at radius 1 is 1.21 bits per heavy atom. The normalized spacial score (nSPS) is 10.4. The molecular weight excluding hydrogens is 310 g/mol. The Hall–Kier alpha value is -3.29. The minimum atomic E-state index is -0.290. The molecule has 1 amide bonds. The molecule has 0 aliphatic rings. The second-order valence-electron chi connectivity index (χ2n) is 4.93. The maximum atomic E-state index is 12.2. The number of nitrogens with zero attached hydrogens (tertiary/aromatic N) is 4. The molecule has 0 saturated carbocycles. The summed E-state index contributed by atoms with van der Waals surface area (Å²) >= 11 is 0. The highest BCUT2D eigenvalue weighted by atomic mass is 16.5. The molecule has 24 heavy (non-hydrogen) atoms. The van der Waals surface area contributed by atoms with Crippen molar-refractivity contribution in [2.45, 2.75) is 13.5 Å². The van der Waals surface area contributed by atoms with Crippen molar-refractivity contribution in [1.29, 1.82) is 0 Å². The predicted molar refractivity (Wildman–Crippen MR) is 84.2 cm³/mol. The highest BCUT2D eigenvalue weighted by molar-refractivity contribution is 5.96. The van der Waals surface area contributed by atoms with Gasteiger partial charge in [-0.05, 0) is 19.1 Å². The van der Waals surface area contributed by atoms with Crippen molar-refractivity contribution in [3.8, 4) is 17.3 Å². The van der Waals surface area contributed by atoms with Crippen LogP contribution < -0.4 is 10.1 Å². The minimum Gasteiger partial charge on any atom is -0.496 e. The molecule has 0 radical (unpaired) electrons. The van der Waals surface area contributed by atoms with Gasteiger partial charge in [-0.25, -0.2) is 4.98 Å². The van der Waals surface area contributed by atoms with E-state index in [0.29, 0.717) is 17.0 Å². The summed E-state index contributed by atoms with van der Waals surface area (Å²) in [6, 6.07) is 6.95. The van der Waals surface area contributed by atoms with Crippen molar-refractivity contribution in [3.05, 3.63) is 53.8 Å². The van der Waals surface area contributed by atoms with Crippen LogP contribution in [0.25, 0.3) is 11.6 Å². The molecule has 3 aromatic rings. The largest absolute Gasteiger partial charge is 0.496 e. The van der Waals surface area contributed by atoms with Gasteiger partial charge >= 0.3 is 0 Å². The molecule has 8 heteroatoms. The molecule has 0 aliphatic carbocycles. The van der Waals surface area contributed by atoms with Crippen molar-refractivity contribution in [3.63, 3.8) is 0 Å². The highest BCUT2D eigenvalue weighted by Crippen LogP contribution is 2.17. The Kier molecular flexibility index (Phi) is 4.46. The Morgan fingerprint density at radius 3 is 2.79 bits per heavy atom. The summed E-state index contributed by atoms with van der Waals surface area (Å²) in [6.07, 6.45) is 3.17. The standard InChI is InChI=1S/C16H15N5O3/c1-10-7-18-12(8-17-10)16-21-20-14(24-16)9-19-15(22)11-5-3-4-6-13(11)23-2/h3-8H,9H2,1-2H3,(H,19,22). The third-order valence-corrected chi connectivity index (χ3v) is 3.22. The molecule has 122 valence electrons. The van der Waals surface area contributed by atoms with E-state index in [1.54, 1.807) is 36.7 Å². The average molecular weight is 325 g/mol. The summed E-state index contributed by atoms with van der Waals surface area (Å²) in [4.78, 5) is 20.5. The lowest BCUT2D eigenvalue weighted by Crippen LogP contribution is -2.23. The number of carbonyl (C=O) groups excluding carboxylic acids is 1. The van der Waals surface area contributed by atoms with Crippen LogP contribution in [0, 0.1) is 6.92 Å². The SMILES string of the molecule is COc1ccccc1C(=O)NCc1nnc(-c2cnc(C)cn2)o1. The zero-order valence-corrected chi connectivity index (χ0v) is 13.2. The lowest BCUT2D eigenvalue weighted by Gasteiger charge is -2.07. The van der Waals surface area contributed by atoms with E-state index in [1.165, 1.54) is 7.11 Å². The smallest absolute Gasteiger partial charge is 0.267 e. The van der Waals surface area contributed by atoms with Gasteiger partial charge in [0.05, 0.1) is 31.1 Å². The summed E-state index contributed by atoms with van der Waals surface area (Å²) in [7, 11) is 1.51. The molecule has 1 N–H and O–H groups in total. The lowest BCUT2D eigenvalue weighted by molar-refractivity contribution is 0.0944. The van der Waals surface area contributed by atoms with E-state index in [4.69, 9.17) is 9.15 Å². The van der Waals surface area contributed by atoms with Crippen LogP contribution >= 0.6 is 0 Å². The van der Waals surface area contributed by atoms with Gasteiger partial charge in [-0.15, -0.1) is 10.2 Å². The van der Waals surface area contributed by atoms with E-state index in [-0.39, 0.29) is 24.2 Å². The fourth-order valence-corrected chi connectivity index (χ4v) is 2.01. The topological polar surface area (TPSA) is 103 Å². The summed E-state index contributed by atoms with van der Waals surface area (Å²) in [6.45, 7) is 1.94. The number of carbonyl (C=O) groups is 1. The molecule has 0 fully saturated rings. The molecule has 0 aliphatic heterocycles. The summed E-state index contributed by atoms with van der Waals surface area (Å²) in [5.41, 5.74) is 1.71. The Labute approximate surface area is 137 Å². The monoisotopic (exact) mass is 325 g/mol. The van der Waals surface area contributed by atoms with Crippen LogP contribution in [-0.2, 0) is 6.54 Å². The first-order valence-corrected chi connectivity index (χ1v) is 7.20. The van der Waals surface area contributed by atoms with Gasteiger partial charge in [0, 0.05) is 6.20 Å². The van der Waals surface area contributed by atoms with Gasteiger partial charge in [0.2, 0.25) is 5.89 Å². The Balaban J connectivity index is 1.67. The Morgan fingerprint density at radius 2 is 2.04 bits per heavy atom. The summed E-state index contributed by atoms with van der Waals surface area (Å²) in [5, 5.41) is 10.5. The molecule has 0 unspecified atom stereocenters. The molecule has 0 spiro atoms. The molecule has 3 rings (SSSR count). The van der Waals surface area contributed by atoms with Crippen LogP contribution in [0.2, 0.25) is 0 Å². The van der Waals surface area contributed by atoms with E-state index in [1.807, 2.05) is 6.92 Å². The lowest BCUT2D eigenvalue weighted by atomic mass is 10.2. The molecule has 0 saturated heterocycles. The van der Waals surface area contributed by atoms with Crippen LogP contribution in [0.3, 0.4) is 0 Å². The van der Waals surface area contributed by atoms with E-state index in [0.717, 1.165) is 5.69 Å². The first-order valence-electron chi connectivity index (χ1n) is 7.20. The first kappa shape index (κ1) is 15.6. The van der Waals surface area contributed by atoms with Gasteiger partial charge in [-0.3, -0.25) is 9.78 Å². The number of amides is 1.